The van der Waals surface area contributed by atoms with Crippen LogP contribution in [0.2, 0.25) is 10.0 Å². The molecule has 0 bridgehead atoms. The summed E-state index contributed by atoms with van der Waals surface area (Å²) in [5, 5.41) is 0.633. The first-order valence-electron chi connectivity index (χ1n) is 9.28. The van der Waals surface area contributed by atoms with Crippen LogP contribution in [0.4, 0.5) is 5.69 Å². The number of carbonyl (C=O) groups excluding carboxylic acids is 3. The number of nitrogens with zero attached hydrogens (tertiary/aromatic N) is 2. The van der Waals surface area contributed by atoms with Crippen molar-refractivity contribution in [3.8, 4) is 0 Å². The van der Waals surface area contributed by atoms with Crippen LogP contribution in [0.15, 0.2) is 48.7 Å². The summed E-state index contributed by atoms with van der Waals surface area (Å²) in [5.74, 6) is -2.35. The Kier molecular flexibility index (Phi) is 4.09. The molecule has 146 valence electrons. The number of carbonyl (C=O) groups is 3. The van der Waals surface area contributed by atoms with Gasteiger partial charge in [0.15, 0.2) is 5.78 Å². The van der Waals surface area contributed by atoms with E-state index in [1.807, 2.05) is 41.4 Å². The Hall–Kier alpha value is -2.63. The van der Waals surface area contributed by atoms with Crippen molar-refractivity contribution in [2.45, 2.75) is 19.0 Å². The third kappa shape index (κ3) is 2.51. The smallest absolute Gasteiger partial charge is 0.240 e. The Labute approximate surface area is 177 Å². The molecule has 4 atom stereocenters. The normalized spacial score (nSPS) is 27.1. The molecule has 0 N–H and O–H groups in total. The minimum Gasteiger partial charge on any atom is -0.359 e. The monoisotopic (exact) mass is 426 g/mol. The topological polar surface area (TPSA) is 57.7 Å². The first-order chi connectivity index (χ1) is 13.9. The molecule has 7 heteroatoms. The summed E-state index contributed by atoms with van der Waals surface area (Å²) in [6, 6.07) is 11.3. The number of imide groups is 1. The molecular weight excluding hydrogens is 411 g/mol. The van der Waals surface area contributed by atoms with Crippen LogP contribution >= 0.6 is 23.2 Å². The highest BCUT2D eigenvalue weighted by molar-refractivity contribution is 6.38. The summed E-state index contributed by atoms with van der Waals surface area (Å²) in [7, 11) is 0. The molecule has 2 fully saturated rings. The summed E-state index contributed by atoms with van der Waals surface area (Å²) in [6.07, 6.45) is 3.75. The Morgan fingerprint density at radius 3 is 2.48 bits per heavy atom. The number of ketones is 1. The number of rotatable bonds is 2. The number of hydrogen-bond acceptors (Lipinski definition) is 4. The van der Waals surface area contributed by atoms with Crippen molar-refractivity contribution in [2.75, 3.05) is 4.90 Å². The number of benzene rings is 2. The van der Waals surface area contributed by atoms with Crippen molar-refractivity contribution in [2.24, 2.45) is 11.8 Å². The number of hydrogen-bond donors (Lipinski definition) is 0. The Morgan fingerprint density at radius 2 is 1.72 bits per heavy atom. The van der Waals surface area contributed by atoms with Gasteiger partial charge in [0.05, 0.1) is 34.6 Å². The summed E-state index contributed by atoms with van der Waals surface area (Å²) in [4.78, 5) is 42.5. The van der Waals surface area contributed by atoms with Gasteiger partial charge in [0.1, 0.15) is 0 Å². The minimum atomic E-state index is -0.768. The molecule has 3 aliphatic heterocycles. The SMILES string of the molecule is CC(=O)[C@@H]1[C@H]2C(=O)N(c3cc(Cl)ccc3Cl)C(=O)[C@@H]2[C@H]2c3ccccc3C=CN12. The fourth-order valence-electron chi connectivity index (χ4n) is 4.92. The first-order valence-corrected chi connectivity index (χ1v) is 10.0. The van der Waals surface area contributed by atoms with Crippen molar-refractivity contribution in [1.82, 2.24) is 4.90 Å². The lowest BCUT2D eigenvalue weighted by molar-refractivity contribution is -0.129. The molecule has 0 aromatic heterocycles. The third-order valence-corrected chi connectivity index (χ3v) is 6.58. The molecule has 2 aromatic carbocycles. The third-order valence-electron chi connectivity index (χ3n) is 6.03. The Balaban J connectivity index is 1.67. The first kappa shape index (κ1) is 18.4. The lowest BCUT2D eigenvalue weighted by atomic mass is 9.84. The van der Waals surface area contributed by atoms with Gasteiger partial charge in [0, 0.05) is 11.2 Å². The molecule has 3 heterocycles. The number of amides is 2. The highest BCUT2D eigenvalue weighted by Crippen LogP contribution is 2.53. The lowest BCUT2D eigenvalue weighted by Gasteiger charge is -2.35. The van der Waals surface area contributed by atoms with Crippen LogP contribution in [0, 0.1) is 11.8 Å². The van der Waals surface area contributed by atoms with E-state index in [4.69, 9.17) is 23.2 Å². The van der Waals surface area contributed by atoms with E-state index in [1.54, 1.807) is 12.1 Å². The van der Waals surface area contributed by atoms with E-state index >= 15 is 0 Å². The van der Waals surface area contributed by atoms with E-state index in [1.165, 1.54) is 13.0 Å². The molecule has 0 aliphatic carbocycles. The zero-order chi connectivity index (χ0) is 20.4. The molecule has 0 saturated carbocycles. The highest BCUT2D eigenvalue weighted by atomic mass is 35.5. The molecule has 0 spiro atoms. The maximum atomic E-state index is 13.5. The molecule has 29 heavy (non-hydrogen) atoms. The minimum absolute atomic E-state index is 0.147. The van der Waals surface area contributed by atoms with E-state index in [0.29, 0.717) is 5.02 Å². The van der Waals surface area contributed by atoms with E-state index in [9.17, 15) is 14.4 Å². The second kappa shape index (κ2) is 6.44. The summed E-state index contributed by atoms with van der Waals surface area (Å²) < 4.78 is 0. The number of Topliss-reactive ketones (excluding diaryl/α,β-unsaturated/α-hetero) is 1. The van der Waals surface area contributed by atoms with Gasteiger partial charge in [0.25, 0.3) is 0 Å². The van der Waals surface area contributed by atoms with E-state index in [0.717, 1.165) is 16.0 Å². The molecule has 3 aliphatic rings. The molecular formula is C22H16Cl2N2O3. The number of fused-ring (bicyclic) bond motifs is 5. The van der Waals surface area contributed by atoms with Gasteiger partial charge < -0.3 is 4.90 Å². The maximum Gasteiger partial charge on any atom is 0.240 e. The average Bonchev–Trinajstić information content (AvgIpc) is 3.17. The fourth-order valence-corrected chi connectivity index (χ4v) is 5.28. The summed E-state index contributed by atoms with van der Waals surface area (Å²) in [5.41, 5.74) is 2.18. The molecule has 0 radical (unpaired) electrons. The van der Waals surface area contributed by atoms with Crippen LogP contribution in [-0.4, -0.2) is 28.5 Å². The van der Waals surface area contributed by atoms with Crippen molar-refractivity contribution in [3.63, 3.8) is 0 Å². The van der Waals surface area contributed by atoms with Gasteiger partial charge in [-0.2, -0.15) is 0 Å². The van der Waals surface area contributed by atoms with Gasteiger partial charge in [0.2, 0.25) is 11.8 Å². The average molecular weight is 427 g/mol. The second-order valence-corrected chi connectivity index (χ2v) is 8.40. The predicted molar refractivity (Wildman–Crippen MR) is 110 cm³/mol. The van der Waals surface area contributed by atoms with Gasteiger partial charge in [-0.05, 0) is 42.3 Å². The van der Waals surface area contributed by atoms with Crippen LogP contribution in [0.5, 0.6) is 0 Å². The van der Waals surface area contributed by atoms with Crippen LogP contribution in [0.1, 0.15) is 24.1 Å². The number of halogens is 2. The fraction of sp³-hybridized carbons (Fsp3) is 0.227. The highest BCUT2D eigenvalue weighted by Gasteiger charge is 2.64. The van der Waals surface area contributed by atoms with Gasteiger partial charge >= 0.3 is 0 Å². The van der Waals surface area contributed by atoms with Crippen LogP contribution in [0.3, 0.4) is 0 Å². The second-order valence-electron chi connectivity index (χ2n) is 7.55. The largest absolute Gasteiger partial charge is 0.359 e. The molecule has 0 unspecified atom stereocenters. The van der Waals surface area contributed by atoms with E-state index in [2.05, 4.69) is 0 Å². The molecule has 5 rings (SSSR count). The lowest BCUT2D eigenvalue weighted by Crippen LogP contribution is -2.43. The van der Waals surface area contributed by atoms with Gasteiger partial charge in [-0.3, -0.25) is 14.4 Å². The van der Waals surface area contributed by atoms with Crippen LogP contribution < -0.4 is 4.90 Å². The Bertz CT molecular complexity index is 1110. The Morgan fingerprint density at radius 1 is 1.00 bits per heavy atom. The van der Waals surface area contributed by atoms with Gasteiger partial charge in [-0.25, -0.2) is 4.90 Å². The predicted octanol–water partition coefficient (Wildman–Crippen LogP) is 4.10. The molecule has 2 aromatic rings. The van der Waals surface area contributed by atoms with E-state index in [-0.39, 0.29) is 28.4 Å². The van der Waals surface area contributed by atoms with Crippen molar-refractivity contribution in [1.29, 1.82) is 0 Å². The van der Waals surface area contributed by atoms with Gasteiger partial charge in [-0.15, -0.1) is 0 Å². The summed E-state index contributed by atoms with van der Waals surface area (Å²) in [6.45, 7) is 1.46. The zero-order valence-electron chi connectivity index (χ0n) is 15.4. The molecule has 2 saturated heterocycles. The maximum absolute atomic E-state index is 13.5. The van der Waals surface area contributed by atoms with Crippen molar-refractivity contribution >= 4 is 52.6 Å². The zero-order valence-corrected chi connectivity index (χ0v) is 16.9. The van der Waals surface area contributed by atoms with Gasteiger partial charge in [-0.1, -0.05) is 47.5 Å². The van der Waals surface area contributed by atoms with E-state index < -0.39 is 23.8 Å². The molecule has 5 nitrogen and oxygen atoms in total. The van der Waals surface area contributed by atoms with Crippen molar-refractivity contribution < 1.29 is 14.4 Å². The standard InChI is InChI=1S/C22H16Cl2N2O3/c1-11(27)19-17-18(20-14-5-3-2-4-12(14)8-9-25(19)20)22(29)26(21(17)28)16-10-13(23)6-7-15(16)24/h2-10,17-20H,1H3/t17-,18-,19+,20+/m0/s1. The molecule has 2 amide bonds. The van der Waals surface area contributed by atoms with Crippen LogP contribution in [-0.2, 0) is 14.4 Å². The summed E-state index contributed by atoms with van der Waals surface area (Å²) >= 11 is 12.4. The quantitative estimate of drug-likeness (QED) is 0.678. The number of anilines is 1. The van der Waals surface area contributed by atoms with Crippen molar-refractivity contribution in [3.05, 3.63) is 69.8 Å². The van der Waals surface area contributed by atoms with Crippen LogP contribution in [0.25, 0.3) is 6.08 Å².